The number of ether oxygens (including phenoxy) is 1. The molecule has 1 aliphatic rings. The van der Waals surface area contributed by atoms with Crippen molar-refractivity contribution in [3.8, 4) is 0 Å². The van der Waals surface area contributed by atoms with Crippen LogP contribution in [-0.4, -0.2) is 48.2 Å². The largest absolute Gasteiger partial charge is 0.409 e. The van der Waals surface area contributed by atoms with Gasteiger partial charge in [0.2, 0.25) is 5.91 Å². The molecule has 6 nitrogen and oxygen atoms in total. The van der Waals surface area contributed by atoms with Crippen molar-refractivity contribution in [2.75, 3.05) is 20.3 Å². The number of carbonyl (C=O) groups excluding carboxylic acids is 1. The number of oxime groups is 1. The molecule has 0 aromatic heterocycles. The molecular formula is C15H29N3O3. The summed E-state index contributed by atoms with van der Waals surface area (Å²) < 4.78 is 5.13. The molecule has 0 aromatic carbocycles. The molecule has 0 saturated heterocycles. The van der Waals surface area contributed by atoms with E-state index in [-0.39, 0.29) is 17.8 Å². The van der Waals surface area contributed by atoms with E-state index in [0.29, 0.717) is 31.9 Å². The Kier molecular flexibility index (Phi) is 6.45. The molecule has 1 unspecified atom stereocenters. The number of amidine groups is 1. The van der Waals surface area contributed by atoms with Crippen LogP contribution in [0.15, 0.2) is 5.16 Å². The molecule has 1 amide bonds. The smallest absolute Gasteiger partial charge is 0.236 e. The summed E-state index contributed by atoms with van der Waals surface area (Å²) in [6.45, 7) is 6.90. The SMILES string of the molecule is CCC(CC)(C(=O)N(CCOC)C(C)C1CC1)C(N)=NO. The maximum atomic E-state index is 13.1. The fourth-order valence-corrected chi connectivity index (χ4v) is 2.91. The Morgan fingerprint density at radius 3 is 2.43 bits per heavy atom. The first-order chi connectivity index (χ1) is 9.98. The van der Waals surface area contributed by atoms with Crippen LogP contribution in [0.5, 0.6) is 0 Å². The average molecular weight is 299 g/mol. The average Bonchev–Trinajstić information content (AvgIpc) is 3.33. The highest BCUT2D eigenvalue weighted by atomic mass is 16.5. The molecule has 1 saturated carbocycles. The van der Waals surface area contributed by atoms with Gasteiger partial charge in [-0.1, -0.05) is 19.0 Å². The fraction of sp³-hybridized carbons (Fsp3) is 0.867. The third-order valence-corrected chi connectivity index (χ3v) is 4.81. The summed E-state index contributed by atoms with van der Waals surface area (Å²) >= 11 is 0. The van der Waals surface area contributed by atoms with Gasteiger partial charge in [0.25, 0.3) is 0 Å². The van der Waals surface area contributed by atoms with Crippen molar-refractivity contribution in [2.24, 2.45) is 22.2 Å². The predicted molar refractivity (Wildman–Crippen MR) is 82.2 cm³/mol. The van der Waals surface area contributed by atoms with Gasteiger partial charge in [0.1, 0.15) is 5.41 Å². The molecule has 0 radical (unpaired) electrons. The van der Waals surface area contributed by atoms with E-state index in [1.165, 1.54) is 0 Å². The molecule has 0 aliphatic heterocycles. The van der Waals surface area contributed by atoms with Crippen molar-refractivity contribution in [1.82, 2.24) is 4.90 Å². The van der Waals surface area contributed by atoms with Crippen LogP contribution in [0.1, 0.15) is 46.5 Å². The van der Waals surface area contributed by atoms with Gasteiger partial charge in [-0.3, -0.25) is 4.79 Å². The normalized spacial score (nSPS) is 17.6. The highest BCUT2D eigenvalue weighted by molar-refractivity contribution is 6.06. The van der Waals surface area contributed by atoms with Gasteiger partial charge in [-0.25, -0.2) is 0 Å². The standard InChI is InChI=1S/C15H29N3O3/c1-5-15(6-2,13(16)17-20)14(19)18(9-10-21-4)11(3)12-7-8-12/h11-12,20H,5-10H2,1-4H3,(H2,16,17). The van der Waals surface area contributed by atoms with Gasteiger partial charge < -0.3 is 20.6 Å². The Hall–Kier alpha value is -1.30. The minimum atomic E-state index is -0.925. The molecule has 122 valence electrons. The third kappa shape index (κ3) is 3.67. The van der Waals surface area contributed by atoms with Gasteiger partial charge >= 0.3 is 0 Å². The van der Waals surface area contributed by atoms with Crippen molar-refractivity contribution < 1.29 is 14.7 Å². The first-order valence-corrected chi connectivity index (χ1v) is 7.76. The minimum Gasteiger partial charge on any atom is -0.409 e. The van der Waals surface area contributed by atoms with Crippen LogP contribution in [-0.2, 0) is 9.53 Å². The second kappa shape index (κ2) is 7.64. The lowest BCUT2D eigenvalue weighted by molar-refractivity contribution is -0.142. The zero-order chi connectivity index (χ0) is 16.0. The van der Waals surface area contributed by atoms with E-state index in [2.05, 4.69) is 12.1 Å². The molecule has 1 atom stereocenters. The Morgan fingerprint density at radius 1 is 1.48 bits per heavy atom. The van der Waals surface area contributed by atoms with Gasteiger partial charge in [0.15, 0.2) is 5.84 Å². The zero-order valence-electron chi connectivity index (χ0n) is 13.6. The topological polar surface area (TPSA) is 88.2 Å². The second-order valence-electron chi connectivity index (χ2n) is 5.84. The van der Waals surface area contributed by atoms with Gasteiger partial charge in [-0.15, -0.1) is 0 Å². The number of methoxy groups -OCH3 is 1. The molecule has 0 heterocycles. The van der Waals surface area contributed by atoms with E-state index in [0.717, 1.165) is 12.8 Å². The van der Waals surface area contributed by atoms with Gasteiger partial charge in [0, 0.05) is 19.7 Å². The molecular weight excluding hydrogens is 270 g/mol. The van der Waals surface area contributed by atoms with Crippen molar-refractivity contribution in [3.63, 3.8) is 0 Å². The lowest BCUT2D eigenvalue weighted by Crippen LogP contribution is -2.54. The number of nitrogens with zero attached hydrogens (tertiary/aromatic N) is 2. The molecule has 21 heavy (non-hydrogen) atoms. The van der Waals surface area contributed by atoms with E-state index in [1.807, 2.05) is 18.7 Å². The Balaban J connectivity index is 3.04. The summed E-state index contributed by atoms with van der Waals surface area (Å²) in [6, 6.07) is 0.164. The van der Waals surface area contributed by atoms with Crippen molar-refractivity contribution in [2.45, 2.75) is 52.5 Å². The van der Waals surface area contributed by atoms with Crippen LogP contribution >= 0.6 is 0 Å². The van der Waals surface area contributed by atoms with Crippen LogP contribution < -0.4 is 5.73 Å². The molecule has 0 bridgehead atoms. The van der Waals surface area contributed by atoms with E-state index >= 15 is 0 Å². The Morgan fingerprint density at radius 2 is 2.05 bits per heavy atom. The third-order valence-electron chi connectivity index (χ3n) is 4.81. The summed E-state index contributed by atoms with van der Waals surface area (Å²) in [6.07, 6.45) is 3.34. The molecule has 1 fully saturated rings. The molecule has 6 heteroatoms. The highest BCUT2D eigenvalue weighted by Crippen LogP contribution is 2.38. The quantitative estimate of drug-likeness (QED) is 0.294. The number of amides is 1. The van der Waals surface area contributed by atoms with Crippen molar-refractivity contribution in [3.05, 3.63) is 0 Å². The number of carbonyl (C=O) groups is 1. The molecule has 3 N–H and O–H groups in total. The Bertz CT molecular complexity index is 376. The minimum absolute atomic E-state index is 0.00270. The van der Waals surface area contributed by atoms with E-state index < -0.39 is 5.41 Å². The number of nitrogens with two attached hydrogens (primary N) is 1. The first-order valence-electron chi connectivity index (χ1n) is 7.76. The monoisotopic (exact) mass is 299 g/mol. The highest BCUT2D eigenvalue weighted by Gasteiger charge is 2.45. The fourth-order valence-electron chi connectivity index (χ4n) is 2.91. The molecule has 0 aromatic rings. The maximum Gasteiger partial charge on any atom is 0.236 e. The number of rotatable bonds is 9. The van der Waals surface area contributed by atoms with Crippen LogP contribution in [0, 0.1) is 11.3 Å². The van der Waals surface area contributed by atoms with Crippen molar-refractivity contribution in [1.29, 1.82) is 0 Å². The summed E-state index contributed by atoms with van der Waals surface area (Å²) in [5, 5.41) is 12.2. The number of hydrogen-bond acceptors (Lipinski definition) is 4. The van der Waals surface area contributed by atoms with Gasteiger partial charge in [-0.05, 0) is 38.5 Å². The Labute approximate surface area is 127 Å². The zero-order valence-corrected chi connectivity index (χ0v) is 13.6. The number of hydrogen-bond donors (Lipinski definition) is 2. The van der Waals surface area contributed by atoms with E-state index in [4.69, 9.17) is 15.7 Å². The summed E-state index contributed by atoms with van der Waals surface area (Å²) in [7, 11) is 1.63. The lowest BCUT2D eigenvalue weighted by Gasteiger charge is -2.38. The van der Waals surface area contributed by atoms with Crippen molar-refractivity contribution >= 4 is 11.7 Å². The van der Waals surface area contributed by atoms with E-state index in [9.17, 15) is 4.79 Å². The summed E-state index contributed by atoms with van der Waals surface area (Å²) in [5.74, 6) is 0.506. The van der Waals surface area contributed by atoms with Gasteiger partial charge in [0.05, 0.1) is 6.61 Å². The first kappa shape index (κ1) is 17.8. The van der Waals surface area contributed by atoms with Crippen LogP contribution in [0.25, 0.3) is 0 Å². The van der Waals surface area contributed by atoms with E-state index in [1.54, 1.807) is 7.11 Å². The molecule has 1 aliphatic carbocycles. The molecule has 1 rings (SSSR count). The second-order valence-corrected chi connectivity index (χ2v) is 5.84. The van der Waals surface area contributed by atoms with Gasteiger partial charge in [-0.2, -0.15) is 0 Å². The summed E-state index contributed by atoms with van der Waals surface area (Å²) in [4.78, 5) is 15.0. The molecule has 0 spiro atoms. The predicted octanol–water partition coefficient (Wildman–Crippen LogP) is 1.81. The lowest BCUT2D eigenvalue weighted by atomic mass is 9.79. The maximum absolute atomic E-state index is 13.1. The van der Waals surface area contributed by atoms with Crippen LogP contribution in [0.2, 0.25) is 0 Å². The van der Waals surface area contributed by atoms with Crippen LogP contribution in [0.4, 0.5) is 0 Å². The van der Waals surface area contributed by atoms with Crippen LogP contribution in [0.3, 0.4) is 0 Å². The summed E-state index contributed by atoms with van der Waals surface area (Å²) in [5.41, 5.74) is 4.93.